The molecular weight excluding hydrogens is 356 g/mol. The molecule has 0 saturated heterocycles. The summed E-state index contributed by atoms with van der Waals surface area (Å²) in [7, 11) is 1.59. The lowest BCUT2D eigenvalue weighted by atomic mass is 10.0. The van der Waals surface area contributed by atoms with E-state index in [0.29, 0.717) is 11.4 Å². The highest BCUT2D eigenvalue weighted by atomic mass is 32.1. The fourth-order valence-electron chi connectivity index (χ4n) is 2.87. The monoisotopic (exact) mass is 380 g/mol. The summed E-state index contributed by atoms with van der Waals surface area (Å²) < 4.78 is 5.31. The standard InChI is InChI=1S/C22H24N2O2S/c1-15-10-12-17(13-11-15)21(20-9-6-14-27-20)23-16(2)22(25)24-18-7-4-5-8-19(18)26-3/h4-14,16,21,23H,1-3H3,(H,24,25)/t16-,21-/m1/s1. The van der Waals surface area contributed by atoms with Gasteiger partial charge in [0.2, 0.25) is 5.91 Å². The van der Waals surface area contributed by atoms with Crippen LogP contribution in [-0.2, 0) is 4.79 Å². The van der Waals surface area contributed by atoms with Crippen molar-refractivity contribution < 1.29 is 9.53 Å². The number of ether oxygens (including phenoxy) is 1. The van der Waals surface area contributed by atoms with Crippen molar-refractivity contribution in [2.24, 2.45) is 0 Å². The van der Waals surface area contributed by atoms with Crippen LogP contribution in [0.25, 0.3) is 0 Å². The molecule has 0 spiro atoms. The topological polar surface area (TPSA) is 50.4 Å². The molecule has 3 aromatic rings. The predicted octanol–water partition coefficient (Wildman–Crippen LogP) is 4.77. The maximum absolute atomic E-state index is 12.7. The van der Waals surface area contributed by atoms with Crippen LogP contribution in [0.2, 0.25) is 0 Å². The molecule has 1 heterocycles. The molecule has 0 aliphatic carbocycles. The van der Waals surface area contributed by atoms with Crippen LogP contribution in [0.5, 0.6) is 5.75 Å². The summed E-state index contributed by atoms with van der Waals surface area (Å²) in [4.78, 5) is 13.9. The number of amides is 1. The van der Waals surface area contributed by atoms with Gasteiger partial charge in [-0.2, -0.15) is 0 Å². The van der Waals surface area contributed by atoms with Crippen molar-refractivity contribution >= 4 is 22.9 Å². The fraction of sp³-hybridized carbons (Fsp3) is 0.227. The number of hydrogen-bond acceptors (Lipinski definition) is 4. The largest absolute Gasteiger partial charge is 0.495 e. The SMILES string of the molecule is COc1ccccc1NC(=O)[C@@H](C)N[C@H](c1ccc(C)cc1)c1cccs1. The van der Waals surface area contributed by atoms with E-state index in [1.165, 1.54) is 10.4 Å². The lowest BCUT2D eigenvalue weighted by molar-refractivity contribution is -0.117. The van der Waals surface area contributed by atoms with E-state index in [-0.39, 0.29) is 18.0 Å². The zero-order valence-corrected chi connectivity index (χ0v) is 16.5. The normalized spacial score (nSPS) is 13.0. The summed E-state index contributed by atoms with van der Waals surface area (Å²) in [5.74, 6) is 0.541. The van der Waals surface area contributed by atoms with Gasteiger partial charge in [-0.15, -0.1) is 11.3 Å². The van der Waals surface area contributed by atoms with E-state index in [9.17, 15) is 4.79 Å². The molecule has 2 atom stereocenters. The fourth-order valence-corrected chi connectivity index (χ4v) is 3.68. The summed E-state index contributed by atoms with van der Waals surface area (Å²) in [6.45, 7) is 3.94. The average molecular weight is 381 g/mol. The summed E-state index contributed by atoms with van der Waals surface area (Å²) in [6, 6.07) is 19.5. The van der Waals surface area contributed by atoms with Gasteiger partial charge in [0.25, 0.3) is 0 Å². The van der Waals surface area contributed by atoms with Gasteiger partial charge >= 0.3 is 0 Å². The predicted molar refractivity (Wildman–Crippen MR) is 112 cm³/mol. The van der Waals surface area contributed by atoms with Gasteiger partial charge in [0.15, 0.2) is 0 Å². The molecule has 1 amide bonds. The van der Waals surface area contributed by atoms with Crippen LogP contribution in [-0.4, -0.2) is 19.1 Å². The van der Waals surface area contributed by atoms with Crippen molar-refractivity contribution in [3.63, 3.8) is 0 Å². The third-order valence-corrected chi connectivity index (χ3v) is 5.35. The lowest BCUT2D eigenvalue weighted by Gasteiger charge is -2.23. The van der Waals surface area contributed by atoms with Crippen molar-refractivity contribution in [2.45, 2.75) is 25.9 Å². The smallest absolute Gasteiger partial charge is 0.241 e. The second kappa shape index (κ2) is 8.84. The van der Waals surface area contributed by atoms with Crippen molar-refractivity contribution in [3.05, 3.63) is 82.0 Å². The Bertz CT molecular complexity index is 876. The van der Waals surface area contributed by atoms with Gasteiger partial charge in [-0.25, -0.2) is 0 Å². The van der Waals surface area contributed by atoms with E-state index >= 15 is 0 Å². The van der Waals surface area contributed by atoms with Gasteiger partial charge < -0.3 is 10.1 Å². The third kappa shape index (κ3) is 4.76. The maximum atomic E-state index is 12.7. The van der Waals surface area contributed by atoms with Crippen molar-refractivity contribution in [1.82, 2.24) is 5.32 Å². The van der Waals surface area contributed by atoms with Crippen molar-refractivity contribution in [1.29, 1.82) is 0 Å². The Morgan fingerprint density at radius 1 is 1.04 bits per heavy atom. The van der Waals surface area contributed by atoms with Gasteiger partial charge in [0.05, 0.1) is 24.9 Å². The average Bonchev–Trinajstić information content (AvgIpc) is 3.21. The number of para-hydroxylation sites is 2. The number of carbonyl (C=O) groups excluding carboxylic acids is 1. The van der Waals surface area contributed by atoms with Crippen LogP contribution in [0.1, 0.15) is 29.0 Å². The highest BCUT2D eigenvalue weighted by Crippen LogP contribution is 2.27. The quantitative estimate of drug-likeness (QED) is 0.621. The van der Waals surface area contributed by atoms with Gasteiger partial charge in [-0.1, -0.05) is 48.0 Å². The first-order chi connectivity index (χ1) is 13.1. The number of nitrogens with one attached hydrogen (secondary N) is 2. The van der Waals surface area contributed by atoms with E-state index in [2.05, 4.69) is 53.3 Å². The molecule has 27 heavy (non-hydrogen) atoms. The molecule has 0 aliphatic rings. The number of rotatable bonds is 7. The van der Waals surface area contributed by atoms with Crippen molar-refractivity contribution in [2.75, 3.05) is 12.4 Å². The molecule has 0 aliphatic heterocycles. The van der Waals surface area contributed by atoms with Crippen LogP contribution in [0.15, 0.2) is 66.0 Å². The molecule has 0 bridgehead atoms. The van der Waals surface area contributed by atoms with E-state index in [0.717, 1.165) is 5.56 Å². The molecule has 2 aromatic carbocycles. The zero-order valence-electron chi connectivity index (χ0n) is 15.7. The number of hydrogen-bond donors (Lipinski definition) is 2. The Hall–Kier alpha value is -2.63. The van der Waals surface area contributed by atoms with Crippen molar-refractivity contribution in [3.8, 4) is 5.75 Å². The van der Waals surface area contributed by atoms with E-state index in [4.69, 9.17) is 4.74 Å². The summed E-state index contributed by atoms with van der Waals surface area (Å²) in [6.07, 6.45) is 0. The van der Waals surface area contributed by atoms with Crippen LogP contribution in [0.3, 0.4) is 0 Å². The minimum absolute atomic E-state index is 0.0379. The summed E-state index contributed by atoms with van der Waals surface area (Å²) in [5, 5.41) is 8.47. The van der Waals surface area contributed by atoms with Gasteiger partial charge in [0, 0.05) is 4.88 Å². The van der Waals surface area contributed by atoms with Gasteiger partial charge in [0.1, 0.15) is 5.75 Å². The molecule has 140 valence electrons. The number of methoxy groups -OCH3 is 1. The minimum Gasteiger partial charge on any atom is -0.495 e. The molecule has 5 heteroatoms. The second-order valence-corrected chi connectivity index (χ2v) is 7.42. The highest BCUT2D eigenvalue weighted by molar-refractivity contribution is 7.10. The van der Waals surface area contributed by atoms with E-state index in [1.807, 2.05) is 37.3 Å². The number of aryl methyl sites for hydroxylation is 1. The van der Waals surface area contributed by atoms with Crippen LogP contribution < -0.4 is 15.4 Å². The number of benzene rings is 2. The summed E-state index contributed by atoms with van der Waals surface area (Å²) in [5.41, 5.74) is 3.02. The number of thiophene rings is 1. The molecule has 0 saturated carbocycles. The van der Waals surface area contributed by atoms with Gasteiger partial charge in [-0.3, -0.25) is 10.1 Å². The first-order valence-corrected chi connectivity index (χ1v) is 9.76. The molecule has 0 unspecified atom stereocenters. The zero-order chi connectivity index (χ0) is 19.2. The first kappa shape index (κ1) is 19.1. The number of carbonyl (C=O) groups is 1. The molecule has 4 nitrogen and oxygen atoms in total. The maximum Gasteiger partial charge on any atom is 0.241 e. The molecule has 1 aromatic heterocycles. The molecule has 3 rings (SSSR count). The minimum atomic E-state index is -0.386. The van der Waals surface area contributed by atoms with Crippen LogP contribution >= 0.6 is 11.3 Å². The Morgan fingerprint density at radius 2 is 1.78 bits per heavy atom. The Balaban J connectivity index is 1.77. The highest BCUT2D eigenvalue weighted by Gasteiger charge is 2.22. The molecule has 0 radical (unpaired) electrons. The second-order valence-electron chi connectivity index (χ2n) is 6.44. The molecule has 2 N–H and O–H groups in total. The van der Waals surface area contributed by atoms with Crippen LogP contribution in [0, 0.1) is 6.92 Å². The number of anilines is 1. The van der Waals surface area contributed by atoms with Crippen LogP contribution in [0.4, 0.5) is 5.69 Å². The molecule has 0 fully saturated rings. The van der Waals surface area contributed by atoms with Gasteiger partial charge in [-0.05, 0) is 43.0 Å². The Morgan fingerprint density at radius 3 is 2.44 bits per heavy atom. The Labute approximate surface area is 164 Å². The third-order valence-electron chi connectivity index (χ3n) is 4.41. The van der Waals surface area contributed by atoms with E-state index in [1.54, 1.807) is 18.4 Å². The molecular formula is C22H24N2O2S. The summed E-state index contributed by atoms with van der Waals surface area (Å²) >= 11 is 1.68. The first-order valence-electron chi connectivity index (χ1n) is 8.88. The van der Waals surface area contributed by atoms with E-state index < -0.39 is 0 Å². The Kier molecular flexibility index (Phi) is 6.27. The lowest BCUT2D eigenvalue weighted by Crippen LogP contribution is -2.40.